The molecule has 7 nitrogen and oxygen atoms in total. The number of carbonyl (C=O) groups is 1. The van der Waals surface area contributed by atoms with Crippen molar-refractivity contribution in [2.45, 2.75) is 24.9 Å². The summed E-state index contributed by atoms with van der Waals surface area (Å²) >= 11 is 2.99. The van der Waals surface area contributed by atoms with Gasteiger partial charge in [0.15, 0.2) is 5.13 Å². The van der Waals surface area contributed by atoms with Crippen molar-refractivity contribution in [1.82, 2.24) is 19.9 Å². The zero-order valence-corrected chi connectivity index (χ0v) is 16.8. The molecule has 2 aliphatic heterocycles. The van der Waals surface area contributed by atoms with Crippen LogP contribution < -0.4 is 5.73 Å². The summed E-state index contributed by atoms with van der Waals surface area (Å²) < 4.78 is 6.33. The van der Waals surface area contributed by atoms with Gasteiger partial charge >= 0.3 is 0 Å². The third kappa shape index (κ3) is 2.99. The smallest absolute Gasteiger partial charge is 0.265 e. The van der Waals surface area contributed by atoms with Crippen molar-refractivity contribution in [3.05, 3.63) is 46.2 Å². The van der Waals surface area contributed by atoms with Crippen LogP contribution in [0.2, 0.25) is 0 Å². The number of aromatic nitrogens is 3. The highest BCUT2D eigenvalue weighted by Gasteiger charge is 2.43. The number of ether oxygens (including phenoxy) is 1. The average Bonchev–Trinajstić information content (AvgIpc) is 3.36. The first-order valence-corrected chi connectivity index (χ1v) is 10.8. The maximum atomic E-state index is 12.7. The van der Waals surface area contributed by atoms with Gasteiger partial charge in [0, 0.05) is 30.4 Å². The van der Waals surface area contributed by atoms with Crippen LogP contribution in [-0.4, -0.2) is 45.5 Å². The van der Waals surface area contributed by atoms with Gasteiger partial charge < -0.3 is 15.4 Å². The second-order valence-electron chi connectivity index (χ2n) is 7.00. The molecule has 0 atom stereocenters. The van der Waals surface area contributed by atoms with Crippen molar-refractivity contribution < 1.29 is 9.53 Å². The quantitative estimate of drug-likeness (QED) is 0.694. The monoisotopic (exact) mass is 413 g/mol. The lowest BCUT2D eigenvalue weighted by molar-refractivity contribution is -0.0905. The summed E-state index contributed by atoms with van der Waals surface area (Å²) in [5, 5.41) is 0.423. The molecule has 5 rings (SSSR count). The first kappa shape index (κ1) is 17.7. The van der Waals surface area contributed by atoms with Crippen molar-refractivity contribution in [2.24, 2.45) is 0 Å². The van der Waals surface area contributed by atoms with E-state index >= 15 is 0 Å². The summed E-state index contributed by atoms with van der Waals surface area (Å²) in [4.78, 5) is 30.2. The molecule has 3 aromatic heterocycles. The van der Waals surface area contributed by atoms with Crippen molar-refractivity contribution in [3.8, 4) is 10.6 Å². The highest BCUT2D eigenvalue weighted by Crippen LogP contribution is 2.47. The predicted octanol–water partition coefficient (Wildman–Crippen LogP) is 2.95. The Balaban J connectivity index is 1.38. The maximum absolute atomic E-state index is 12.7. The summed E-state index contributed by atoms with van der Waals surface area (Å²) in [6.07, 6.45) is 9.26. The van der Waals surface area contributed by atoms with Crippen molar-refractivity contribution in [3.63, 3.8) is 0 Å². The van der Waals surface area contributed by atoms with E-state index < -0.39 is 0 Å². The number of thiazole rings is 1. The molecular formula is C19H19N5O2S2. The Labute approximate surface area is 170 Å². The van der Waals surface area contributed by atoms with E-state index in [0.29, 0.717) is 29.7 Å². The topological polar surface area (TPSA) is 94.2 Å². The molecule has 1 amide bonds. The second-order valence-corrected chi connectivity index (χ2v) is 9.12. The number of anilines is 1. The lowest BCUT2D eigenvalue weighted by Gasteiger charge is -2.43. The minimum absolute atomic E-state index is 0.00603. The standard InChI is InChI=1S/C19H19N5O2S2/c20-18-23-11-15(28-18)17(25)24-6-2-19(3-7-24)16-12(1-8-26-19)9-14(27-16)13-10-21-4-5-22-13/h4-5,9-11H,1-3,6-8H2,(H2,20,23). The van der Waals surface area contributed by atoms with Gasteiger partial charge in [-0.25, -0.2) is 4.98 Å². The lowest BCUT2D eigenvalue weighted by Crippen LogP contribution is -2.47. The molecule has 144 valence electrons. The SMILES string of the molecule is Nc1ncc(C(=O)N2CCC3(CC2)OCCc2cc(-c4cnccn4)sc23)s1. The van der Waals surface area contributed by atoms with Crippen LogP contribution in [0.5, 0.6) is 0 Å². The first-order valence-electron chi connectivity index (χ1n) is 9.19. The van der Waals surface area contributed by atoms with E-state index in [-0.39, 0.29) is 11.5 Å². The molecule has 9 heteroatoms. The molecular weight excluding hydrogens is 394 g/mol. The Morgan fingerprint density at radius 2 is 2.04 bits per heavy atom. The molecule has 0 saturated carbocycles. The number of hydrogen-bond acceptors (Lipinski definition) is 8. The van der Waals surface area contributed by atoms with Gasteiger partial charge in [-0.2, -0.15) is 0 Å². The molecule has 1 saturated heterocycles. The van der Waals surface area contributed by atoms with Crippen molar-refractivity contribution in [1.29, 1.82) is 0 Å². The molecule has 2 N–H and O–H groups in total. The van der Waals surface area contributed by atoms with Crippen LogP contribution >= 0.6 is 22.7 Å². The van der Waals surface area contributed by atoms with Crippen LogP contribution in [0.1, 0.15) is 33.0 Å². The van der Waals surface area contributed by atoms with Crippen LogP contribution in [-0.2, 0) is 16.8 Å². The molecule has 0 bridgehead atoms. The zero-order chi connectivity index (χ0) is 19.1. The predicted molar refractivity (Wildman–Crippen MR) is 108 cm³/mol. The number of thiophene rings is 1. The van der Waals surface area contributed by atoms with Crippen LogP contribution in [0.4, 0.5) is 5.13 Å². The largest absolute Gasteiger partial charge is 0.375 e. The van der Waals surface area contributed by atoms with E-state index in [2.05, 4.69) is 21.0 Å². The molecule has 1 fully saturated rings. The van der Waals surface area contributed by atoms with Gasteiger partial charge in [0.1, 0.15) is 10.5 Å². The molecule has 2 aliphatic rings. The third-order valence-electron chi connectivity index (χ3n) is 5.38. The molecule has 28 heavy (non-hydrogen) atoms. The summed E-state index contributed by atoms with van der Waals surface area (Å²) in [5.74, 6) is 0.00603. The fourth-order valence-corrected chi connectivity index (χ4v) is 5.98. The van der Waals surface area contributed by atoms with Crippen molar-refractivity contribution >= 4 is 33.7 Å². The van der Waals surface area contributed by atoms with Gasteiger partial charge in [0.05, 0.1) is 29.6 Å². The summed E-state index contributed by atoms with van der Waals surface area (Å²) in [6.45, 7) is 2.03. The molecule has 0 unspecified atom stereocenters. The normalized spacial score (nSPS) is 18.2. The second kappa shape index (κ2) is 6.91. The van der Waals surface area contributed by atoms with E-state index in [9.17, 15) is 4.79 Å². The molecule has 3 aromatic rings. The number of likely N-dealkylation sites (tertiary alicyclic amines) is 1. The van der Waals surface area contributed by atoms with E-state index in [0.717, 1.165) is 29.8 Å². The maximum Gasteiger partial charge on any atom is 0.265 e. The van der Waals surface area contributed by atoms with E-state index in [1.165, 1.54) is 21.8 Å². The van der Waals surface area contributed by atoms with E-state index in [4.69, 9.17) is 10.5 Å². The van der Waals surface area contributed by atoms with Gasteiger partial charge in [-0.1, -0.05) is 11.3 Å². The number of rotatable bonds is 2. The minimum Gasteiger partial charge on any atom is -0.375 e. The molecule has 0 aliphatic carbocycles. The van der Waals surface area contributed by atoms with Gasteiger partial charge in [-0.3, -0.25) is 14.8 Å². The molecule has 5 heterocycles. The summed E-state index contributed by atoms with van der Waals surface area (Å²) in [5.41, 5.74) is 7.60. The van der Waals surface area contributed by atoms with E-state index in [1.807, 2.05) is 4.90 Å². The Kier molecular flexibility index (Phi) is 4.37. The zero-order valence-electron chi connectivity index (χ0n) is 15.1. The number of carbonyl (C=O) groups excluding carboxylic acids is 1. The first-order chi connectivity index (χ1) is 13.6. The number of hydrogen-bond donors (Lipinski definition) is 1. The number of nitrogens with two attached hydrogens (primary N) is 1. The number of piperidine rings is 1. The Hall–Kier alpha value is -2.36. The van der Waals surface area contributed by atoms with Crippen molar-refractivity contribution in [2.75, 3.05) is 25.4 Å². The Bertz CT molecular complexity index is 1010. The summed E-state index contributed by atoms with van der Waals surface area (Å²) in [7, 11) is 0. The number of fused-ring (bicyclic) bond motifs is 2. The highest BCUT2D eigenvalue weighted by atomic mass is 32.1. The van der Waals surface area contributed by atoms with Gasteiger partial charge in [-0.05, 0) is 30.9 Å². The highest BCUT2D eigenvalue weighted by molar-refractivity contribution is 7.17. The minimum atomic E-state index is -0.303. The fourth-order valence-electron chi connectivity index (χ4n) is 3.96. The van der Waals surface area contributed by atoms with Gasteiger partial charge in [0.2, 0.25) is 0 Å². The van der Waals surface area contributed by atoms with E-state index in [1.54, 1.807) is 36.1 Å². The molecule has 0 radical (unpaired) electrons. The van der Waals surface area contributed by atoms with Gasteiger partial charge in [-0.15, -0.1) is 11.3 Å². The number of amides is 1. The average molecular weight is 414 g/mol. The molecule has 0 aromatic carbocycles. The van der Waals surface area contributed by atoms with Crippen LogP contribution in [0.3, 0.4) is 0 Å². The molecule has 1 spiro atoms. The Morgan fingerprint density at radius 1 is 1.18 bits per heavy atom. The van der Waals surface area contributed by atoms with Crippen LogP contribution in [0.15, 0.2) is 30.9 Å². The Morgan fingerprint density at radius 3 is 2.75 bits per heavy atom. The number of nitrogens with zero attached hydrogens (tertiary/aromatic N) is 4. The fraction of sp³-hybridized carbons (Fsp3) is 0.368. The van der Waals surface area contributed by atoms with Crippen LogP contribution in [0, 0.1) is 0 Å². The van der Waals surface area contributed by atoms with Crippen LogP contribution in [0.25, 0.3) is 10.6 Å². The summed E-state index contributed by atoms with van der Waals surface area (Å²) in [6, 6.07) is 2.23. The van der Waals surface area contributed by atoms with Gasteiger partial charge in [0.25, 0.3) is 5.91 Å². The third-order valence-corrected chi connectivity index (χ3v) is 7.58. The number of nitrogen functional groups attached to an aromatic ring is 1. The lowest BCUT2D eigenvalue weighted by atomic mass is 9.85.